The topological polar surface area (TPSA) is 19.9 Å². The van der Waals surface area contributed by atoms with Gasteiger partial charge in [-0.2, -0.15) is 0 Å². The molecule has 2 aromatic rings. The van der Waals surface area contributed by atoms with Crippen molar-refractivity contribution in [3.8, 4) is 0 Å². The Balaban J connectivity index is 1.62. The molecule has 1 saturated carbocycles. The molecule has 0 heterocycles. The summed E-state index contributed by atoms with van der Waals surface area (Å²) in [6, 6.07) is 22.0. The third-order valence-electron chi connectivity index (χ3n) is 4.70. The van der Waals surface area contributed by atoms with Crippen LogP contribution in [0.25, 0.3) is 0 Å². The fourth-order valence-corrected chi connectivity index (χ4v) is 4.45. The highest BCUT2D eigenvalue weighted by atomic mass is 32.2. The second-order valence-corrected chi connectivity index (χ2v) is 8.28. The molecule has 1 aliphatic rings. The van der Waals surface area contributed by atoms with Crippen molar-refractivity contribution in [2.45, 2.75) is 51.2 Å². The summed E-state index contributed by atoms with van der Waals surface area (Å²) >= 11 is 7.56. The second-order valence-electron chi connectivity index (χ2n) is 6.75. The highest BCUT2D eigenvalue weighted by Gasteiger charge is 2.27. The highest BCUT2D eigenvalue weighted by molar-refractivity contribution is 8.15. The molecule has 0 saturated heterocycles. The Hall–Kier alpha value is -1.36. The van der Waals surface area contributed by atoms with E-state index in [0.717, 1.165) is 23.5 Å². The molecule has 0 amide bonds. The first-order valence-electron chi connectivity index (χ1n) is 9.18. The van der Waals surface area contributed by atoms with Gasteiger partial charge in [-0.05, 0) is 24.0 Å². The van der Waals surface area contributed by atoms with Gasteiger partial charge in [-0.1, -0.05) is 67.1 Å². The lowest BCUT2D eigenvalue weighted by molar-refractivity contribution is -0.527. The minimum absolute atomic E-state index is 0.729. The standard InChI is InChI=1S/C21H26N2S2/c24-21(25-22-20-14-8-3-9-15-20)23(16-18-10-4-1-5-11-18)17-19-12-6-2-7-13-19/h1-2,4-7,10-13,20,22H,3,8-9,14-17H2/q+1/p+1. The van der Waals surface area contributed by atoms with Gasteiger partial charge in [0.2, 0.25) is 0 Å². The lowest BCUT2D eigenvalue weighted by Gasteiger charge is -2.21. The van der Waals surface area contributed by atoms with E-state index >= 15 is 0 Å². The first kappa shape index (κ1) is 18.4. The van der Waals surface area contributed by atoms with E-state index in [2.05, 4.69) is 70.3 Å². The predicted octanol–water partition coefficient (Wildman–Crippen LogP) is 3.87. The molecule has 0 spiro atoms. The summed E-state index contributed by atoms with van der Waals surface area (Å²) in [5, 5.41) is 0. The molecular formula is C21H27N2S2+2. The first-order valence-corrected chi connectivity index (χ1v) is 10.5. The molecule has 1 fully saturated rings. The normalized spacial score (nSPS) is 15.0. The van der Waals surface area contributed by atoms with Crippen molar-refractivity contribution in [1.82, 2.24) is 4.90 Å². The van der Waals surface area contributed by atoms with Crippen molar-refractivity contribution in [1.29, 1.82) is 0 Å². The van der Waals surface area contributed by atoms with Crippen LogP contribution in [0.3, 0.4) is 0 Å². The number of nitrogens with two attached hydrogens (primary N) is 1. The largest absolute Gasteiger partial charge is 0.570 e. The van der Waals surface area contributed by atoms with Gasteiger partial charge in [0.15, 0.2) is 11.9 Å². The van der Waals surface area contributed by atoms with Crippen LogP contribution in [0.4, 0.5) is 0 Å². The molecule has 0 aliphatic heterocycles. The van der Waals surface area contributed by atoms with E-state index in [1.807, 2.05) is 0 Å². The molecule has 131 valence electrons. The second kappa shape index (κ2) is 9.95. The summed E-state index contributed by atoms with van der Waals surface area (Å²) in [5.41, 5.74) is 2.61. The lowest BCUT2D eigenvalue weighted by Crippen LogP contribution is -2.83. The van der Waals surface area contributed by atoms with Crippen LogP contribution >= 0.6 is 11.9 Å². The Labute approximate surface area is 161 Å². The summed E-state index contributed by atoms with van der Waals surface area (Å²) in [7, 11) is 0. The van der Waals surface area contributed by atoms with Crippen LogP contribution in [0.2, 0.25) is 0 Å². The summed E-state index contributed by atoms with van der Waals surface area (Å²) < 4.78 is 3.38. The zero-order chi connectivity index (χ0) is 17.3. The van der Waals surface area contributed by atoms with Crippen LogP contribution in [-0.2, 0) is 25.3 Å². The van der Waals surface area contributed by atoms with Crippen LogP contribution in [0.1, 0.15) is 43.2 Å². The zero-order valence-corrected chi connectivity index (χ0v) is 16.3. The fraction of sp³-hybridized carbons (Fsp3) is 0.381. The minimum atomic E-state index is 0.729. The van der Waals surface area contributed by atoms with Crippen LogP contribution in [-0.4, -0.2) is 15.3 Å². The minimum Gasteiger partial charge on any atom is -0.301 e. The van der Waals surface area contributed by atoms with E-state index in [-0.39, 0.29) is 0 Å². The molecule has 2 N–H and O–H groups in total. The van der Waals surface area contributed by atoms with Gasteiger partial charge in [0.1, 0.15) is 0 Å². The number of quaternary nitrogens is 1. The number of nitrogens with zero attached hydrogens (tertiary/aromatic N) is 1. The van der Waals surface area contributed by atoms with E-state index in [1.54, 1.807) is 11.9 Å². The number of hydrogen-bond donors (Lipinski definition) is 1. The van der Waals surface area contributed by atoms with Crippen molar-refractivity contribution in [3.63, 3.8) is 0 Å². The molecule has 1 radical (unpaired) electrons. The molecule has 2 aromatic carbocycles. The SMILES string of the molecule is [S+]=C(S[NH2+]C1CCCCC1)N(Cc1ccccc1)Cc1ccccc1. The highest BCUT2D eigenvalue weighted by Crippen LogP contribution is 2.17. The maximum Gasteiger partial charge on any atom is 0.570 e. The van der Waals surface area contributed by atoms with Crippen molar-refractivity contribution in [2.75, 3.05) is 0 Å². The molecule has 3 rings (SSSR count). The lowest BCUT2D eigenvalue weighted by atomic mass is 9.96. The van der Waals surface area contributed by atoms with E-state index in [9.17, 15) is 0 Å². The van der Waals surface area contributed by atoms with E-state index < -0.39 is 0 Å². The van der Waals surface area contributed by atoms with Crippen LogP contribution in [0, 0.1) is 0 Å². The predicted molar refractivity (Wildman–Crippen MR) is 111 cm³/mol. The Morgan fingerprint density at radius 3 is 1.92 bits per heavy atom. The first-order chi connectivity index (χ1) is 12.3. The third kappa shape index (κ3) is 6.14. The summed E-state index contributed by atoms with van der Waals surface area (Å²) in [5.74, 6) is 0. The Kier molecular flexibility index (Phi) is 7.34. The van der Waals surface area contributed by atoms with Crippen molar-refractivity contribution >= 4 is 28.5 Å². The maximum absolute atomic E-state index is 5.80. The van der Waals surface area contributed by atoms with Crippen molar-refractivity contribution < 1.29 is 4.72 Å². The van der Waals surface area contributed by atoms with Crippen LogP contribution < -0.4 is 4.72 Å². The molecule has 0 aromatic heterocycles. The maximum atomic E-state index is 5.80. The molecule has 1 aliphatic carbocycles. The van der Waals surface area contributed by atoms with Gasteiger partial charge in [-0.25, -0.2) is 0 Å². The molecule has 0 atom stereocenters. The molecule has 0 unspecified atom stereocenters. The number of benzene rings is 2. The Morgan fingerprint density at radius 1 is 0.880 bits per heavy atom. The van der Waals surface area contributed by atoms with E-state index in [4.69, 9.17) is 12.2 Å². The average molecular weight is 372 g/mol. The smallest absolute Gasteiger partial charge is 0.301 e. The van der Waals surface area contributed by atoms with Gasteiger partial charge < -0.3 is 4.90 Å². The molecule has 2 nitrogen and oxygen atoms in total. The van der Waals surface area contributed by atoms with Gasteiger partial charge in [-0.15, -0.1) is 0 Å². The number of hydrogen-bond acceptors (Lipinski definition) is 2. The third-order valence-corrected chi connectivity index (χ3v) is 6.23. The van der Waals surface area contributed by atoms with E-state index in [1.165, 1.54) is 43.2 Å². The van der Waals surface area contributed by atoms with Crippen molar-refractivity contribution in [3.05, 3.63) is 71.8 Å². The van der Waals surface area contributed by atoms with Gasteiger partial charge in [0.05, 0.1) is 6.04 Å². The Morgan fingerprint density at radius 2 is 1.40 bits per heavy atom. The summed E-state index contributed by atoms with van der Waals surface area (Å²) in [4.78, 5) is 2.32. The number of thiocarbonyl (C=S) groups is 1. The molecule has 0 bridgehead atoms. The van der Waals surface area contributed by atoms with Crippen LogP contribution in [0.15, 0.2) is 60.7 Å². The van der Waals surface area contributed by atoms with Crippen molar-refractivity contribution in [2.24, 2.45) is 0 Å². The average Bonchev–Trinajstić information content (AvgIpc) is 2.68. The Bertz CT molecular complexity index is 598. The zero-order valence-electron chi connectivity index (χ0n) is 14.6. The van der Waals surface area contributed by atoms with Crippen LogP contribution in [0.5, 0.6) is 0 Å². The molecular weight excluding hydrogens is 344 g/mol. The number of rotatable bonds is 6. The van der Waals surface area contributed by atoms with Gasteiger partial charge in [0.25, 0.3) is 0 Å². The monoisotopic (exact) mass is 371 g/mol. The summed E-state index contributed by atoms with van der Waals surface area (Å²) in [6.07, 6.45) is 6.78. The van der Waals surface area contributed by atoms with E-state index in [0.29, 0.717) is 0 Å². The van der Waals surface area contributed by atoms with Gasteiger partial charge in [0, 0.05) is 25.9 Å². The molecule has 4 heteroatoms. The van der Waals surface area contributed by atoms with Gasteiger partial charge >= 0.3 is 16.5 Å². The quantitative estimate of drug-likeness (QED) is 0.473. The molecule has 25 heavy (non-hydrogen) atoms. The van der Waals surface area contributed by atoms with Gasteiger partial charge in [-0.3, -0.25) is 4.72 Å². The summed E-state index contributed by atoms with van der Waals surface area (Å²) in [6.45, 7) is 1.72. The fourth-order valence-electron chi connectivity index (χ4n) is 3.29.